The Kier molecular flexibility index (Phi) is 6.74. The number of hydrogen-bond acceptors (Lipinski definition) is 4. The van der Waals surface area contributed by atoms with E-state index in [1.807, 2.05) is 6.07 Å². The van der Waals surface area contributed by atoms with Crippen molar-refractivity contribution in [2.24, 2.45) is 0 Å². The average Bonchev–Trinajstić information content (AvgIpc) is 2.77. The number of nitrogens with one attached hydrogen (secondary N) is 2. The molecule has 0 heterocycles. The molecule has 0 aliphatic carbocycles. The number of hydrogen-bond donors (Lipinski definition) is 2. The molecule has 2 N–H and O–H groups in total. The molecule has 0 unspecified atom stereocenters. The van der Waals surface area contributed by atoms with Gasteiger partial charge in [0.2, 0.25) is 0 Å². The van der Waals surface area contributed by atoms with Crippen LogP contribution in [-0.2, 0) is 16.2 Å². The molecule has 0 bridgehead atoms. The van der Waals surface area contributed by atoms with Gasteiger partial charge < -0.3 is 5.32 Å². The average molecular weight is 473 g/mol. The first-order valence-electron chi connectivity index (χ1n) is 9.60. The van der Waals surface area contributed by atoms with Crippen LogP contribution in [0.3, 0.4) is 0 Å². The van der Waals surface area contributed by atoms with Crippen LogP contribution in [0.4, 0.5) is 18.9 Å². The van der Waals surface area contributed by atoms with Gasteiger partial charge in [-0.3, -0.25) is 9.52 Å². The Labute approximate surface area is 188 Å². The number of amides is 1. The molecule has 0 atom stereocenters. The molecule has 0 spiro atoms. The van der Waals surface area contributed by atoms with Crippen LogP contribution in [0.25, 0.3) is 10.8 Å². The molecule has 0 aliphatic heterocycles. The second kappa shape index (κ2) is 9.34. The second-order valence-corrected chi connectivity index (χ2v) is 8.78. The normalized spacial score (nSPS) is 11.6. The molecule has 33 heavy (non-hydrogen) atoms. The van der Waals surface area contributed by atoms with E-state index >= 15 is 0 Å². The van der Waals surface area contributed by atoms with E-state index in [9.17, 15) is 26.4 Å². The molecule has 0 saturated carbocycles. The van der Waals surface area contributed by atoms with E-state index in [1.165, 1.54) is 12.1 Å². The van der Waals surface area contributed by atoms with Crippen molar-refractivity contribution in [2.75, 3.05) is 11.3 Å². The number of carbonyl (C=O) groups excluding carboxylic acids is 1. The van der Waals surface area contributed by atoms with Gasteiger partial charge in [0.1, 0.15) is 0 Å². The van der Waals surface area contributed by atoms with E-state index in [0.717, 1.165) is 11.5 Å². The Hall–Kier alpha value is -3.84. The quantitative estimate of drug-likeness (QED) is 0.479. The number of nitriles is 1. The third-order valence-corrected chi connectivity index (χ3v) is 6.10. The van der Waals surface area contributed by atoms with Crippen molar-refractivity contribution in [3.05, 3.63) is 83.9 Å². The molecule has 3 aromatic carbocycles. The summed E-state index contributed by atoms with van der Waals surface area (Å²) in [6, 6.07) is 15.3. The lowest BCUT2D eigenvalue weighted by Gasteiger charge is -2.16. The molecular formula is C23H18F3N3O3S. The summed E-state index contributed by atoms with van der Waals surface area (Å²) in [6.45, 7) is 3.48. The highest BCUT2D eigenvalue weighted by atomic mass is 32.2. The highest BCUT2D eigenvalue weighted by Gasteiger charge is 2.32. The predicted molar refractivity (Wildman–Crippen MR) is 118 cm³/mol. The monoisotopic (exact) mass is 473 g/mol. The fourth-order valence-electron chi connectivity index (χ4n) is 3.02. The fourth-order valence-corrected chi connectivity index (χ4v) is 4.12. The number of anilines is 1. The highest BCUT2D eigenvalue weighted by molar-refractivity contribution is 7.92. The molecular weight excluding hydrogens is 455 g/mol. The summed E-state index contributed by atoms with van der Waals surface area (Å²) >= 11 is 0. The topological polar surface area (TPSA) is 99.1 Å². The minimum absolute atomic E-state index is 0.00309. The van der Waals surface area contributed by atoms with Crippen LogP contribution in [0.1, 0.15) is 22.3 Å². The number of benzene rings is 3. The maximum Gasteiger partial charge on any atom is 0.416 e. The van der Waals surface area contributed by atoms with Gasteiger partial charge in [0.15, 0.2) is 0 Å². The van der Waals surface area contributed by atoms with Gasteiger partial charge in [-0.05, 0) is 47.5 Å². The lowest BCUT2D eigenvalue weighted by Crippen LogP contribution is -2.26. The van der Waals surface area contributed by atoms with Crippen LogP contribution in [0.5, 0.6) is 0 Å². The number of nitrogens with zero attached hydrogens (tertiary/aromatic N) is 1. The minimum Gasteiger partial charge on any atom is -0.352 e. The SMILES string of the molecule is C=C(C#N)CCNC(=O)c1ccc(C(F)(F)F)cc1NS(=O)(=O)c1ccc2ccccc2c1. The van der Waals surface area contributed by atoms with Crippen LogP contribution in [-0.4, -0.2) is 20.9 Å². The lowest BCUT2D eigenvalue weighted by molar-refractivity contribution is -0.137. The number of carbonyl (C=O) groups is 1. The largest absolute Gasteiger partial charge is 0.416 e. The van der Waals surface area contributed by atoms with Crippen LogP contribution < -0.4 is 10.0 Å². The smallest absolute Gasteiger partial charge is 0.352 e. The summed E-state index contributed by atoms with van der Waals surface area (Å²) in [5.74, 6) is -0.800. The number of alkyl halides is 3. The zero-order chi connectivity index (χ0) is 24.2. The van der Waals surface area contributed by atoms with Gasteiger partial charge in [-0.2, -0.15) is 18.4 Å². The molecule has 0 fully saturated rings. The zero-order valence-corrected chi connectivity index (χ0v) is 17.9. The number of sulfonamides is 1. The van der Waals surface area contributed by atoms with Gasteiger partial charge in [-0.15, -0.1) is 0 Å². The molecule has 6 nitrogen and oxygen atoms in total. The van der Waals surface area contributed by atoms with Crippen LogP contribution in [0, 0.1) is 11.3 Å². The summed E-state index contributed by atoms with van der Waals surface area (Å²) < 4.78 is 67.7. The van der Waals surface area contributed by atoms with Gasteiger partial charge in [0.05, 0.1) is 27.8 Å². The fraction of sp³-hybridized carbons (Fsp3) is 0.130. The Balaban J connectivity index is 1.96. The molecule has 0 aliphatic rings. The minimum atomic E-state index is -4.75. The van der Waals surface area contributed by atoms with Gasteiger partial charge in [0, 0.05) is 12.1 Å². The third kappa shape index (κ3) is 5.70. The van der Waals surface area contributed by atoms with E-state index in [2.05, 4.69) is 16.6 Å². The first-order valence-corrected chi connectivity index (χ1v) is 11.1. The highest BCUT2D eigenvalue weighted by Crippen LogP contribution is 2.33. The van der Waals surface area contributed by atoms with Crippen molar-refractivity contribution < 1.29 is 26.4 Å². The Morgan fingerprint density at radius 3 is 2.39 bits per heavy atom. The maximum atomic E-state index is 13.2. The van der Waals surface area contributed by atoms with Crippen molar-refractivity contribution in [2.45, 2.75) is 17.5 Å². The summed E-state index contributed by atoms with van der Waals surface area (Å²) in [7, 11) is -4.32. The van der Waals surface area contributed by atoms with E-state index in [4.69, 9.17) is 5.26 Å². The summed E-state index contributed by atoms with van der Waals surface area (Å²) in [5.41, 5.74) is -1.72. The molecule has 170 valence electrons. The van der Waals surface area contributed by atoms with E-state index < -0.39 is 33.4 Å². The van der Waals surface area contributed by atoms with Crippen molar-refractivity contribution >= 4 is 32.4 Å². The van der Waals surface area contributed by atoms with Crippen molar-refractivity contribution in [1.29, 1.82) is 5.26 Å². The van der Waals surface area contributed by atoms with E-state index in [0.29, 0.717) is 17.5 Å². The number of fused-ring (bicyclic) bond motifs is 1. The molecule has 0 saturated heterocycles. The standard InChI is InChI=1S/C23H18F3N3O3S/c1-15(14-27)10-11-28-22(30)20-9-7-18(23(24,25)26)13-21(20)29-33(31,32)19-8-6-16-4-2-3-5-17(16)12-19/h2-9,12-13,29H,1,10-11H2,(H,28,30). The molecule has 0 aromatic heterocycles. The molecule has 1 amide bonds. The first kappa shape index (κ1) is 23.8. The molecule has 3 rings (SSSR count). The molecule has 10 heteroatoms. The predicted octanol–water partition coefficient (Wildman–Crippen LogP) is 4.86. The van der Waals surface area contributed by atoms with E-state index in [-0.39, 0.29) is 29.0 Å². The second-order valence-electron chi connectivity index (χ2n) is 7.09. The van der Waals surface area contributed by atoms with Crippen molar-refractivity contribution in [1.82, 2.24) is 5.32 Å². The molecule has 3 aromatic rings. The number of halogens is 3. The van der Waals surface area contributed by atoms with Gasteiger partial charge in [0.25, 0.3) is 15.9 Å². The summed E-state index contributed by atoms with van der Waals surface area (Å²) in [5, 5.41) is 12.6. The van der Waals surface area contributed by atoms with Gasteiger partial charge in [-0.25, -0.2) is 8.42 Å². The Morgan fingerprint density at radius 1 is 1.03 bits per heavy atom. The molecule has 0 radical (unpaired) electrons. The van der Waals surface area contributed by atoms with Gasteiger partial charge >= 0.3 is 6.18 Å². The van der Waals surface area contributed by atoms with Crippen LogP contribution in [0.15, 0.2) is 77.7 Å². The number of rotatable bonds is 7. The van der Waals surface area contributed by atoms with Crippen molar-refractivity contribution in [3.63, 3.8) is 0 Å². The van der Waals surface area contributed by atoms with Crippen molar-refractivity contribution in [3.8, 4) is 6.07 Å². The maximum absolute atomic E-state index is 13.2. The van der Waals surface area contributed by atoms with Crippen LogP contribution in [0.2, 0.25) is 0 Å². The Morgan fingerprint density at radius 2 is 1.73 bits per heavy atom. The first-order chi connectivity index (χ1) is 15.5. The van der Waals surface area contributed by atoms with Crippen LogP contribution >= 0.6 is 0 Å². The van der Waals surface area contributed by atoms with E-state index in [1.54, 1.807) is 30.3 Å². The Bertz CT molecular complexity index is 1380. The summed E-state index contributed by atoms with van der Waals surface area (Å²) in [6.07, 6.45) is -4.61. The van der Waals surface area contributed by atoms with Gasteiger partial charge in [-0.1, -0.05) is 36.9 Å². The third-order valence-electron chi connectivity index (χ3n) is 4.74. The zero-order valence-electron chi connectivity index (χ0n) is 17.1. The summed E-state index contributed by atoms with van der Waals surface area (Å²) in [4.78, 5) is 12.4. The lowest BCUT2D eigenvalue weighted by atomic mass is 10.1.